The van der Waals surface area contributed by atoms with E-state index in [9.17, 15) is 13.6 Å². The fourth-order valence-electron chi connectivity index (χ4n) is 3.17. The van der Waals surface area contributed by atoms with Gasteiger partial charge in [0.1, 0.15) is 16.7 Å². The van der Waals surface area contributed by atoms with Crippen LogP contribution in [0, 0.1) is 11.6 Å². The van der Waals surface area contributed by atoms with E-state index in [1.54, 1.807) is 4.57 Å². The highest BCUT2D eigenvalue weighted by molar-refractivity contribution is 7.98. The van der Waals surface area contributed by atoms with E-state index >= 15 is 0 Å². The number of aliphatic hydroxyl groups is 1. The summed E-state index contributed by atoms with van der Waals surface area (Å²) in [4.78, 5) is 16.6. The molecule has 0 radical (unpaired) electrons. The van der Waals surface area contributed by atoms with E-state index in [0.717, 1.165) is 43.0 Å². The number of aromatic nitrogens is 2. The maximum absolute atomic E-state index is 13.3. The molecule has 0 fully saturated rings. The molecule has 1 aromatic heterocycles. The predicted molar refractivity (Wildman–Crippen MR) is 92.8 cm³/mol. The summed E-state index contributed by atoms with van der Waals surface area (Å²) < 4.78 is 28.3. The average molecular weight is 366 g/mol. The monoisotopic (exact) mass is 366 g/mol. The first kappa shape index (κ1) is 18.1. The fourth-order valence-corrected chi connectivity index (χ4v) is 4.18. The second-order valence-electron chi connectivity index (χ2n) is 6.13. The number of aliphatic hydroxyl groups excluding tert-OH is 1. The largest absolute Gasteiger partial charge is 0.396 e. The lowest BCUT2D eigenvalue weighted by Gasteiger charge is -2.22. The van der Waals surface area contributed by atoms with Crippen molar-refractivity contribution in [2.24, 2.45) is 0 Å². The summed E-state index contributed by atoms with van der Waals surface area (Å²) in [7, 11) is 0. The van der Waals surface area contributed by atoms with E-state index in [1.807, 2.05) is 0 Å². The normalized spacial score (nSPS) is 13.7. The number of fused-ring (bicyclic) bond motifs is 1. The zero-order chi connectivity index (χ0) is 17.8. The van der Waals surface area contributed by atoms with Crippen LogP contribution in [0.4, 0.5) is 8.78 Å². The number of nitrogens with zero attached hydrogens (tertiary/aromatic N) is 2. The molecule has 0 spiro atoms. The van der Waals surface area contributed by atoms with Crippen molar-refractivity contribution < 1.29 is 13.9 Å². The van der Waals surface area contributed by atoms with Gasteiger partial charge in [-0.2, -0.15) is 4.98 Å². The SMILES string of the molecule is O=c1nc(SCc2cc(F)cc(F)c2)c2c(n1CCCO)CCCC2. The van der Waals surface area contributed by atoms with Crippen LogP contribution in [0.2, 0.25) is 0 Å². The summed E-state index contributed by atoms with van der Waals surface area (Å²) in [6.45, 7) is 0.494. The van der Waals surface area contributed by atoms with Gasteiger partial charge in [0.2, 0.25) is 0 Å². The van der Waals surface area contributed by atoms with Crippen LogP contribution in [0.1, 0.15) is 36.1 Å². The third-order valence-corrected chi connectivity index (χ3v) is 5.38. The number of thioether (sulfide) groups is 1. The first-order chi connectivity index (χ1) is 12.1. The number of benzene rings is 1. The Morgan fingerprint density at radius 1 is 1.16 bits per heavy atom. The minimum Gasteiger partial charge on any atom is -0.396 e. The van der Waals surface area contributed by atoms with Gasteiger partial charge in [0, 0.05) is 36.2 Å². The minimum atomic E-state index is -0.606. The summed E-state index contributed by atoms with van der Waals surface area (Å²) in [5.74, 6) is -0.858. The molecule has 7 heteroatoms. The van der Waals surface area contributed by atoms with Crippen molar-refractivity contribution in [3.8, 4) is 0 Å². The van der Waals surface area contributed by atoms with Gasteiger partial charge in [-0.3, -0.25) is 4.57 Å². The Balaban J connectivity index is 1.88. The highest BCUT2D eigenvalue weighted by Gasteiger charge is 2.20. The molecule has 1 N–H and O–H groups in total. The molecule has 1 aromatic carbocycles. The maximum Gasteiger partial charge on any atom is 0.348 e. The van der Waals surface area contributed by atoms with E-state index in [1.165, 1.54) is 23.9 Å². The molecule has 0 saturated heterocycles. The maximum atomic E-state index is 13.3. The molecule has 134 valence electrons. The summed E-state index contributed by atoms with van der Waals surface area (Å²) in [5, 5.41) is 9.69. The molecular formula is C18H20F2N2O2S. The van der Waals surface area contributed by atoms with Gasteiger partial charge in [-0.15, -0.1) is 11.8 Å². The predicted octanol–water partition coefficient (Wildman–Crippen LogP) is 3.08. The van der Waals surface area contributed by atoms with E-state index < -0.39 is 11.6 Å². The summed E-state index contributed by atoms with van der Waals surface area (Å²) in [6, 6.07) is 3.44. The Kier molecular flexibility index (Phi) is 5.86. The van der Waals surface area contributed by atoms with Gasteiger partial charge in [-0.25, -0.2) is 13.6 Å². The van der Waals surface area contributed by atoms with Gasteiger partial charge >= 0.3 is 5.69 Å². The van der Waals surface area contributed by atoms with Crippen LogP contribution in [-0.2, 0) is 25.1 Å². The van der Waals surface area contributed by atoms with Crippen LogP contribution in [0.5, 0.6) is 0 Å². The van der Waals surface area contributed by atoms with Gasteiger partial charge in [-0.05, 0) is 49.8 Å². The Labute approximate surface area is 148 Å². The van der Waals surface area contributed by atoms with E-state index in [2.05, 4.69) is 4.98 Å². The van der Waals surface area contributed by atoms with Crippen molar-refractivity contribution in [1.82, 2.24) is 9.55 Å². The molecule has 3 rings (SSSR count). The van der Waals surface area contributed by atoms with Crippen molar-refractivity contribution >= 4 is 11.8 Å². The van der Waals surface area contributed by atoms with Crippen molar-refractivity contribution in [2.45, 2.75) is 49.4 Å². The van der Waals surface area contributed by atoms with Gasteiger partial charge in [0.25, 0.3) is 0 Å². The zero-order valence-corrected chi connectivity index (χ0v) is 14.6. The topological polar surface area (TPSA) is 55.1 Å². The molecular weight excluding hydrogens is 346 g/mol. The number of hydrogen-bond acceptors (Lipinski definition) is 4. The average Bonchev–Trinajstić information content (AvgIpc) is 2.58. The van der Waals surface area contributed by atoms with Gasteiger partial charge < -0.3 is 5.11 Å². The smallest absolute Gasteiger partial charge is 0.348 e. The second kappa shape index (κ2) is 8.10. The number of rotatable bonds is 6. The Morgan fingerprint density at radius 2 is 1.88 bits per heavy atom. The summed E-state index contributed by atoms with van der Waals surface area (Å²) >= 11 is 1.35. The molecule has 0 aliphatic heterocycles. The standard InChI is InChI=1S/C18H20F2N2O2S/c19-13-8-12(9-14(20)10-13)11-25-17-15-4-1-2-5-16(15)22(6-3-7-23)18(24)21-17/h8-10,23H,1-7,11H2. The van der Waals surface area contributed by atoms with Crippen LogP contribution in [0.3, 0.4) is 0 Å². The van der Waals surface area contributed by atoms with E-state index in [-0.39, 0.29) is 12.3 Å². The molecule has 0 saturated carbocycles. The van der Waals surface area contributed by atoms with Crippen LogP contribution in [0.15, 0.2) is 28.0 Å². The third kappa shape index (κ3) is 4.27. The zero-order valence-electron chi connectivity index (χ0n) is 13.8. The van der Waals surface area contributed by atoms with Crippen molar-refractivity contribution in [1.29, 1.82) is 0 Å². The summed E-state index contributed by atoms with van der Waals surface area (Å²) in [5.41, 5.74) is 2.26. The van der Waals surface area contributed by atoms with Crippen LogP contribution in [0.25, 0.3) is 0 Å². The Morgan fingerprint density at radius 3 is 2.60 bits per heavy atom. The first-order valence-corrected chi connectivity index (χ1v) is 9.38. The Bertz CT molecular complexity index is 803. The lowest BCUT2D eigenvalue weighted by atomic mass is 9.97. The number of halogens is 2. The molecule has 1 aliphatic rings. The minimum absolute atomic E-state index is 0.0306. The molecule has 2 aromatic rings. The molecule has 0 atom stereocenters. The Hall–Kier alpha value is -1.73. The molecule has 4 nitrogen and oxygen atoms in total. The fraction of sp³-hybridized carbons (Fsp3) is 0.444. The van der Waals surface area contributed by atoms with Crippen molar-refractivity contribution in [2.75, 3.05) is 6.61 Å². The molecule has 0 bridgehead atoms. The highest BCUT2D eigenvalue weighted by atomic mass is 32.2. The second-order valence-corrected chi connectivity index (χ2v) is 7.09. The molecule has 0 amide bonds. The van der Waals surface area contributed by atoms with Crippen LogP contribution < -0.4 is 5.69 Å². The van der Waals surface area contributed by atoms with E-state index in [0.29, 0.717) is 29.3 Å². The summed E-state index contributed by atoms with van der Waals surface area (Å²) in [6.07, 6.45) is 4.25. The van der Waals surface area contributed by atoms with Crippen LogP contribution >= 0.6 is 11.8 Å². The third-order valence-electron chi connectivity index (χ3n) is 4.29. The van der Waals surface area contributed by atoms with Crippen molar-refractivity contribution in [3.63, 3.8) is 0 Å². The quantitative estimate of drug-likeness (QED) is 0.631. The first-order valence-electron chi connectivity index (χ1n) is 8.39. The number of hydrogen-bond donors (Lipinski definition) is 1. The lowest BCUT2D eigenvalue weighted by Crippen LogP contribution is -2.30. The lowest BCUT2D eigenvalue weighted by molar-refractivity contribution is 0.277. The van der Waals surface area contributed by atoms with Gasteiger partial charge in [0.05, 0.1) is 0 Å². The highest BCUT2D eigenvalue weighted by Crippen LogP contribution is 2.30. The van der Waals surface area contributed by atoms with Gasteiger partial charge in [0.15, 0.2) is 0 Å². The molecule has 25 heavy (non-hydrogen) atoms. The van der Waals surface area contributed by atoms with Crippen molar-refractivity contribution in [3.05, 3.63) is 57.1 Å². The van der Waals surface area contributed by atoms with Gasteiger partial charge in [-0.1, -0.05) is 0 Å². The molecule has 1 aliphatic carbocycles. The van der Waals surface area contributed by atoms with E-state index in [4.69, 9.17) is 5.11 Å². The van der Waals surface area contributed by atoms with Crippen LogP contribution in [-0.4, -0.2) is 21.3 Å². The molecule has 1 heterocycles. The molecule has 0 unspecified atom stereocenters.